The van der Waals surface area contributed by atoms with Gasteiger partial charge in [-0.2, -0.15) is 0 Å². The Bertz CT molecular complexity index is 829. The van der Waals surface area contributed by atoms with E-state index in [9.17, 15) is 0 Å². The summed E-state index contributed by atoms with van der Waals surface area (Å²) < 4.78 is 13.2. The Labute approximate surface area is 157 Å². The van der Waals surface area contributed by atoms with Gasteiger partial charge in [0.15, 0.2) is 0 Å². The van der Waals surface area contributed by atoms with E-state index in [0.717, 1.165) is 11.5 Å². The third-order valence-corrected chi connectivity index (χ3v) is 6.79. The maximum Gasteiger partial charge on any atom is 0.145 e. The molecular formula is C24H30O2. The lowest BCUT2D eigenvalue weighted by Gasteiger charge is -2.53. The van der Waals surface area contributed by atoms with Gasteiger partial charge in [0.05, 0.1) is 0 Å². The second kappa shape index (κ2) is 5.28. The largest absolute Gasteiger partial charge is 0.485 e. The molecule has 26 heavy (non-hydrogen) atoms. The normalized spacial score (nSPS) is 24.6. The number of fused-ring (bicyclic) bond motifs is 3. The van der Waals surface area contributed by atoms with Crippen LogP contribution >= 0.6 is 0 Å². The van der Waals surface area contributed by atoms with E-state index in [1.807, 2.05) is 0 Å². The lowest BCUT2D eigenvalue weighted by molar-refractivity contribution is -0.0600. The molecule has 2 atom stereocenters. The summed E-state index contributed by atoms with van der Waals surface area (Å²) >= 11 is 0. The molecule has 0 spiro atoms. The topological polar surface area (TPSA) is 18.5 Å². The Morgan fingerprint density at radius 3 is 1.23 bits per heavy atom. The molecule has 2 heterocycles. The maximum absolute atomic E-state index is 6.62. The quantitative estimate of drug-likeness (QED) is 0.607. The summed E-state index contributed by atoms with van der Waals surface area (Å²) in [6.45, 7) is 17.8. The van der Waals surface area contributed by atoms with Crippen molar-refractivity contribution in [1.29, 1.82) is 0 Å². The first-order valence-electron chi connectivity index (χ1n) is 9.60. The Morgan fingerprint density at radius 2 is 0.885 bits per heavy atom. The minimum Gasteiger partial charge on any atom is -0.485 e. The molecule has 2 nitrogen and oxygen atoms in total. The van der Waals surface area contributed by atoms with Crippen LogP contribution in [0.5, 0.6) is 11.5 Å². The number of hydrogen-bond acceptors (Lipinski definition) is 2. The Hall–Kier alpha value is -1.96. The molecule has 0 fully saturated rings. The molecule has 0 bridgehead atoms. The van der Waals surface area contributed by atoms with Crippen LogP contribution in [0, 0.1) is 27.7 Å². The molecular weight excluding hydrogens is 320 g/mol. The van der Waals surface area contributed by atoms with E-state index in [1.54, 1.807) is 0 Å². The van der Waals surface area contributed by atoms with Crippen molar-refractivity contribution in [3.63, 3.8) is 0 Å². The molecule has 2 aliphatic heterocycles. The van der Waals surface area contributed by atoms with Gasteiger partial charge in [-0.15, -0.1) is 0 Å². The van der Waals surface area contributed by atoms with Crippen LogP contribution in [0.15, 0.2) is 24.3 Å². The third kappa shape index (κ3) is 2.24. The number of ether oxygens (including phenoxy) is 2. The molecule has 2 heteroatoms. The highest BCUT2D eigenvalue weighted by atomic mass is 16.6. The fourth-order valence-corrected chi connectivity index (χ4v) is 4.54. The second-order valence-electron chi connectivity index (χ2n) is 9.39. The first kappa shape index (κ1) is 17.5. The van der Waals surface area contributed by atoms with E-state index in [4.69, 9.17) is 9.47 Å². The molecule has 0 N–H and O–H groups in total. The predicted octanol–water partition coefficient (Wildman–Crippen LogP) is 5.70. The molecule has 0 saturated carbocycles. The summed E-state index contributed by atoms with van der Waals surface area (Å²) in [5.41, 5.74) is 7.44. The summed E-state index contributed by atoms with van der Waals surface area (Å²) in [5.74, 6) is 2.03. The number of rotatable bonds is 0. The average molecular weight is 351 g/mol. The van der Waals surface area contributed by atoms with Crippen LogP contribution in [0.1, 0.15) is 61.1 Å². The van der Waals surface area contributed by atoms with Gasteiger partial charge in [0.2, 0.25) is 0 Å². The highest BCUT2D eigenvalue weighted by Crippen LogP contribution is 2.52. The highest BCUT2D eigenvalue weighted by Gasteiger charge is 2.55. The van der Waals surface area contributed by atoms with E-state index in [2.05, 4.69) is 79.7 Å². The van der Waals surface area contributed by atoms with Crippen LogP contribution in [0.3, 0.4) is 0 Å². The molecule has 0 saturated heterocycles. The van der Waals surface area contributed by atoms with Gasteiger partial charge in [0.25, 0.3) is 0 Å². The van der Waals surface area contributed by atoms with E-state index < -0.39 is 0 Å². The molecule has 2 unspecified atom stereocenters. The summed E-state index contributed by atoms with van der Waals surface area (Å²) in [6.07, 6.45) is -0.0246. The van der Waals surface area contributed by atoms with E-state index >= 15 is 0 Å². The van der Waals surface area contributed by atoms with Gasteiger partial charge in [-0.25, -0.2) is 0 Å². The molecule has 2 aromatic carbocycles. The summed E-state index contributed by atoms with van der Waals surface area (Å²) in [4.78, 5) is 0. The fourth-order valence-electron chi connectivity index (χ4n) is 4.54. The molecule has 0 radical (unpaired) electrons. The summed E-state index contributed by atoms with van der Waals surface area (Å²) in [5, 5.41) is 0. The number of aryl methyl sites for hydroxylation is 4. The minimum atomic E-state index is -0.121. The van der Waals surface area contributed by atoms with Gasteiger partial charge >= 0.3 is 0 Å². The van der Waals surface area contributed by atoms with Crippen LogP contribution < -0.4 is 9.47 Å². The minimum absolute atomic E-state index is 0.0123. The molecule has 4 rings (SSSR count). The molecule has 2 aromatic rings. The molecule has 0 amide bonds. The number of benzene rings is 2. The van der Waals surface area contributed by atoms with Crippen molar-refractivity contribution in [2.24, 2.45) is 0 Å². The molecule has 0 aliphatic carbocycles. The zero-order chi connectivity index (χ0) is 19.0. The van der Waals surface area contributed by atoms with Crippen molar-refractivity contribution in [2.75, 3.05) is 0 Å². The molecule has 138 valence electrons. The van der Waals surface area contributed by atoms with Crippen molar-refractivity contribution < 1.29 is 9.47 Å². The van der Waals surface area contributed by atoms with Crippen LogP contribution in [0.2, 0.25) is 0 Å². The first-order chi connectivity index (χ1) is 12.0. The monoisotopic (exact) mass is 350 g/mol. The van der Waals surface area contributed by atoms with Crippen molar-refractivity contribution in [3.8, 4) is 11.5 Å². The SMILES string of the molecule is Cc1cc2c(cc1C)C(C)(C)C1Oc3cc(C)c(C)cc3C(C)(C)C1O2. The van der Waals surface area contributed by atoms with Crippen molar-refractivity contribution in [1.82, 2.24) is 0 Å². The van der Waals surface area contributed by atoms with Gasteiger partial charge in [-0.1, -0.05) is 39.8 Å². The Balaban J connectivity index is 1.91. The van der Waals surface area contributed by atoms with Crippen LogP contribution in [0.4, 0.5) is 0 Å². The Kier molecular flexibility index (Phi) is 3.54. The summed E-state index contributed by atoms with van der Waals surface area (Å²) in [7, 11) is 0. The lowest BCUT2D eigenvalue weighted by Crippen LogP contribution is -2.61. The van der Waals surface area contributed by atoms with Gasteiger partial charge in [0.1, 0.15) is 23.7 Å². The lowest BCUT2D eigenvalue weighted by atomic mass is 9.64. The molecule has 2 aliphatic rings. The van der Waals surface area contributed by atoms with Crippen molar-refractivity contribution in [3.05, 3.63) is 57.6 Å². The third-order valence-electron chi connectivity index (χ3n) is 6.79. The predicted molar refractivity (Wildman–Crippen MR) is 107 cm³/mol. The smallest absolute Gasteiger partial charge is 0.145 e. The standard InChI is InChI=1S/C24H30O2/c1-13-9-17-19(11-15(13)3)25-22-21(23(17,5)6)26-20-12-16(4)14(2)10-18(20)24(22,7)8/h9-12,21-22H,1-8H3. The zero-order valence-corrected chi connectivity index (χ0v) is 17.3. The first-order valence-corrected chi connectivity index (χ1v) is 9.60. The van der Waals surface area contributed by atoms with E-state index in [-0.39, 0.29) is 23.0 Å². The average Bonchev–Trinajstić information content (AvgIpc) is 2.54. The van der Waals surface area contributed by atoms with Gasteiger partial charge in [-0.3, -0.25) is 0 Å². The highest BCUT2D eigenvalue weighted by molar-refractivity contribution is 5.53. The fraction of sp³-hybridized carbons (Fsp3) is 0.500. The van der Waals surface area contributed by atoms with Gasteiger partial charge in [0, 0.05) is 22.0 Å². The maximum atomic E-state index is 6.62. The van der Waals surface area contributed by atoms with Crippen LogP contribution in [-0.2, 0) is 10.8 Å². The van der Waals surface area contributed by atoms with Crippen LogP contribution in [-0.4, -0.2) is 12.2 Å². The summed E-state index contributed by atoms with van der Waals surface area (Å²) in [6, 6.07) is 8.98. The van der Waals surface area contributed by atoms with E-state index in [1.165, 1.54) is 33.4 Å². The molecule has 0 aromatic heterocycles. The Morgan fingerprint density at radius 1 is 0.577 bits per heavy atom. The van der Waals surface area contributed by atoms with Crippen molar-refractivity contribution in [2.45, 2.75) is 78.4 Å². The van der Waals surface area contributed by atoms with Crippen LogP contribution in [0.25, 0.3) is 0 Å². The second-order valence-corrected chi connectivity index (χ2v) is 9.39. The van der Waals surface area contributed by atoms with Gasteiger partial charge < -0.3 is 9.47 Å². The number of hydrogen-bond donors (Lipinski definition) is 0. The van der Waals surface area contributed by atoms with Crippen molar-refractivity contribution >= 4 is 0 Å². The van der Waals surface area contributed by atoms with Gasteiger partial charge in [-0.05, 0) is 62.1 Å². The zero-order valence-electron chi connectivity index (χ0n) is 17.3. The van der Waals surface area contributed by atoms with E-state index in [0.29, 0.717) is 0 Å².